The summed E-state index contributed by atoms with van der Waals surface area (Å²) in [5.74, 6) is -2.21. The zero-order valence-electron chi connectivity index (χ0n) is 26.9. The first kappa shape index (κ1) is 33.2. The van der Waals surface area contributed by atoms with Crippen molar-refractivity contribution in [3.8, 4) is 11.1 Å². The summed E-state index contributed by atoms with van der Waals surface area (Å²) in [6.45, 7) is 11.7. The molecule has 7 rings (SSSR count). The first-order valence-corrected chi connectivity index (χ1v) is 17.5. The van der Waals surface area contributed by atoms with Crippen LogP contribution in [0.4, 0.5) is 27.8 Å². The number of carbonyl (C=O) groups excluding carboxylic acids is 1. The monoisotopic (exact) mass is 687 g/mol. The van der Waals surface area contributed by atoms with Gasteiger partial charge in [-0.1, -0.05) is 13.5 Å². The fourth-order valence-corrected chi connectivity index (χ4v) is 9.19. The molecule has 13 heteroatoms. The van der Waals surface area contributed by atoms with Gasteiger partial charge in [-0.05, 0) is 56.4 Å². The van der Waals surface area contributed by atoms with Gasteiger partial charge in [0.1, 0.15) is 17.5 Å². The Bertz CT molecular complexity index is 1830. The van der Waals surface area contributed by atoms with E-state index in [0.29, 0.717) is 31.6 Å². The SMILES string of the molecule is C=CC(=O)C1C[C@H](C)N(c2nc(=O)n3c4c(c(-c5ccc(F)cc5F)c(C(F)(F)F)cc24)SC[C@@H]3CN2CCN(C3CC3)CC2)C[C@H]1C. The molecule has 48 heavy (non-hydrogen) atoms. The largest absolute Gasteiger partial charge is 0.417 e. The van der Waals surface area contributed by atoms with E-state index in [1.165, 1.54) is 35.2 Å². The number of halogens is 5. The number of benzene rings is 2. The number of piperazine rings is 1. The van der Waals surface area contributed by atoms with Gasteiger partial charge >= 0.3 is 11.9 Å². The fraction of sp³-hybridized carbons (Fsp3) is 0.514. The number of hydrogen-bond donors (Lipinski definition) is 0. The van der Waals surface area contributed by atoms with Gasteiger partial charge in [0.2, 0.25) is 0 Å². The summed E-state index contributed by atoms with van der Waals surface area (Å²) in [5, 5.41) is 0.145. The van der Waals surface area contributed by atoms with Crippen LogP contribution in [-0.4, -0.2) is 82.2 Å². The van der Waals surface area contributed by atoms with E-state index in [2.05, 4.69) is 21.4 Å². The second-order valence-electron chi connectivity index (χ2n) is 13.7. The maximum atomic E-state index is 15.3. The summed E-state index contributed by atoms with van der Waals surface area (Å²) in [7, 11) is 0. The molecule has 4 heterocycles. The van der Waals surface area contributed by atoms with Crippen molar-refractivity contribution < 1.29 is 26.7 Å². The zero-order valence-corrected chi connectivity index (χ0v) is 27.7. The van der Waals surface area contributed by atoms with Crippen LogP contribution in [0.2, 0.25) is 0 Å². The average molecular weight is 688 g/mol. The number of alkyl halides is 3. The third kappa shape index (κ3) is 5.95. The van der Waals surface area contributed by atoms with Gasteiger partial charge in [-0.25, -0.2) is 13.6 Å². The Hall–Kier alpha value is -3.29. The summed E-state index contributed by atoms with van der Waals surface area (Å²) in [5.41, 5.74) is -2.18. The van der Waals surface area contributed by atoms with Crippen molar-refractivity contribution in [2.24, 2.45) is 11.8 Å². The van der Waals surface area contributed by atoms with Gasteiger partial charge in [-0.3, -0.25) is 19.2 Å². The second-order valence-corrected chi connectivity index (χ2v) is 14.7. The summed E-state index contributed by atoms with van der Waals surface area (Å²) >= 11 is 1.17. The third-order valence-corrected chi connectivity index (χ3v) is 11.7. The molecule has 1 aromatic heterocycles. The Kier molecular flexibility index (Phi) is 8.68. The quantitative estimate of drug-likeness (QED) is 0.211. The third-order valence-electron chi connectivity index (χ3n) is 10.5. The lowest BCUT2D eigenvalue weighted by Gasteiger charge is -2.42. The predicted octanol–water partition coefficient (Wildman–Crippen LogP) is 6.39. The van der Waals surface area contributed by atoms with Crippen LogP contribution in [-0.2, 0) is 11.0 Å². The number of allylic oxidation sites excluding steroid dienone is 1. The number of piperidine rings is 1. The molecule has 0 bridgehead atoms. The van der Waals surface area contributed by atoms with Crippen molar-refractivity contribution in [1.29, 1.82) is 0 Å². The summed E-state index contributed by atoms with van der Waals surface area (Å²) < 4.78 is 75.8. The lowest BCUT2D eigenvalue weighted by molar-refractivity contribution is -0.137. The fourth-order valence-electron chi connectivity index (χ4n) is 7.86. The smallest absolute Gasteiger partial charge is 0.353 e. The molecular weight excluding hydrogens is 649 g/mol. The van der Waals surface area contributed by atoms with E-state index in [1.807, 2.05) is 18.7 Å². The van der Waals surface area contributed by atoms with Crippen LogP contribution >= 0.6 is 11.8 Å². The highest BCUT2D eigenvalue weighted by atomic mass is 32.2. The molecule has 3 fully saturated rings. The van der Waals surface area contributed by atoms with E-state index in [9.17, 15) is 27.2 Å². The van der Waals surface area contributed by atoms with Crippen molar-refractivity contribution in [3.05, 3.63) is 64.6 Å². The normalized spacial score (nSPS) is 25.4. The van der Waals surface area contributed by atoms with Crippen molar-refractivity contribution in [1.82, 2.24) is 19.4 Å². The molecule has 3 aromatic rings. The first-order valence-electron chi connectivity index (χ1n) is 16.5. The minimum Gasteiger partial charge on any atom is -0.353 e. The number of thioether (sulfide) groups is 1. The van der Waals surface area contributed by atoms with Crippen molar-refractivity contribution in [2.75, 3.05) is 49.9 Å². The van der Waals surface area contributed by atoms with E-state index in [0.717, 1.165) is 44.4 Å². The molecule has 0 spiro atoms. The molecule has 4 aliphatic rings. The molecule has 3 aliphatic heterocycles. The molecule has 0 N–H and O–H groups in total. The molecule has 7 nitrogen and oxygen atoms in total. The highest BCUT2D eigenvalue weighted by Gasteiger charge is 2.42. The van der Waals surface area contributed by atoms with Gasteiger partial charge in [-0.2, -0.15) is 18.2 Å². The molecule has 0 radical (unpaired) electrons. The zero-order chi connectivity index (χ0) is 34.1. The molecule has 256 valence electrons. The lowest BCUT2D eigenvalue weighted by Crippen LogP contribution is -2.50. The second kappa shape index (κ2) is 12.5. The highest BCUT2D eigenvalue weighted by Crippen LogP contribution is 2.51. The van der Waals surface area contributed by atoms with Crippen LogP contribution in [0.15, 0.2) is 46.6 Å². The maximum Gasteiger partial charge on any atom is 0.417 e. The summed E-state index contributed by atoms with van der Waals surface area (Å²) in [6, 6.07) is 3.47. The molecule has 1 saturated carbocycles. The number of aromatic nitrogens is 2. The highest BCUT2D eigenvalue weighted by molar-refractivity contribution is 7.99. The minimum atomic E-state index is -4.90. The van der Waals surface area contributed by atoms with Crippen molar-refractivity contribution >= 4 is 34.3 Å². The van der Waals surface area contributed by atoms with Gasteiger partial charge in [-0.15, -0.1) is 11.8 Å². The maximum absolute atomic E-state index is 15.3. The van der Waals surface area contributed by atoms with Crippen LogP contribution < -0.4 is 10.6 Å². The number of rotatable bonds is 7. The predicted molar refractivity (Wildman–Crippen MR) is 176 cm³/mol. The van der Waals surface area contributed by atoms with E-state index >= 15 is 4.39 Å². The number of carbonyl (C=O) groups is 1. The van der Waals surface area contributed by atoms with Crippen LogP contribution in [0.5, 0.6) is 0 Å². The molecule has 4 atom stereocenters. The number of anilines is 1. The van der Waals surface area contributed by atoms with E-state index < -0.39 is 34.6 Å². The van der Waals surface area contributed by atoms with Crippen LogP contribution in [0, 0.1) is 23.5 Å². The van der Waals surface area contributed by atoms with E-state index in [4.69, 9.17) is 0 Å². The molecule has 1 aliphatic carbocycles. The van der Waals surface area contributed by atoms with Gasteiger partial charge < -0.3 is 4.90 Å². The van der Waals surface area contributed by atoms with Crippen molar-refractivity contribution in [2.45, 2.75) is 62.3 Å². The average Bonchev–Trinajstić information content (AvgIpc) is 3.89. The Balaban J connectivity index is 1.40. The Morgan fingerprint density at radius 1 is 1.10 bits per heavy atom. The number of ketones is 1. The number of nitrogens with zero attached hydrogens (tertiary/aromatic N) is 5. The topological polar surface area (TPSA) is 61.7 Å². The van der Waals surface area contributed by atoms with Gasteiger partial charge in [0.25, 0.3) is 0 Å². The Morgan fingerprint density at radius 3 is 2.48 bits per heavy atom. The Morgan fingerprint density at radius 2 is 1.83 bits per heavy atom. The van der Waals surface area contributed by atoms with Crippen molar-refractivity contribution in [3.63, 3.8) is 0 Å². The van der Waals surface area contributed by atoms with Crippen LogP contribution in [0.25, 0.3) is 22.0 Å². The summed E-state index contributed by atoms with van der Waals surface area (Å²) in [4.78, 5) is 38.0. The van der Waals surface area contributed by atoms with E-state index in [-0.39, 0.29) is 62.6 Å². The molecular formula is C35H38F5N5O2S. The Labute approximate surface area is 279 Å². The van der Waals surface area contributed by atoms with Gasteiger partial charge in [0.05, 0.1) is 17.1 Å². The standard InChI is InChI=1S/C35H38F5N5O2S/c1-4-29(46)25-13-20(3)44(16-19(25)2)33-26-15-27(35(38,39)40)30(24-8-5-21(36)14-28(24)37)32-31(26)45(34(47)41-33)23(18-48-32)17-42-9-11-43(12-10-42)22-6-7-22/h4-5,8,14-15,19-20,22-23,25H,1,6-7,9-13,16-18H2,2-3H3/t19-,20+,23+,25?/m1/s1. The van der Waals surface area contributed by atoms with Crippen LogP contribution in [0.1, 0.15) is 44.7 Å². The lowest BCUT2D eigenvalue weighted by atomic mass is 9.80. The van der Waals surface area contributed by atoms with Gasteiger partial charge in [0, 0.05) is 90.5 Å². The molecule has 2 saturated heterocycles. The summed E-state index contributed by atoms with van der Waals surface area (Å²) in [6.07, 6.45) is -0.748. The van der Waals surface area contributed by atoms with E-state index in [1.54, 1.807) is 0 Å². The number of hydrogen-bond acceptors (Lipinski definition) is 7. The first-order chi connectivity index (χ1) is 22.8. The van der Waals surface area contributed by atoms with Gasteiger partial charge in [0.15, 0.2) is 5.78 Å². The minimum absolute atomic E-state index is 0.0959. The molecule has 0 amide bonds. The van der Waals surface area contributed by atoms with Crippen LogP contribution in [0.3, 0.4) is 0 Å². The molecule has 2 aromatic carbocycles. The molecule has 1 unspecified atom stereocenters.